The molecular formula is C24H19FN4O2. The van der Waals surface area contributed by atoms with E-state index in [-0.39, 0.29) is 5.78 Å². The van der Waals surface area contributed by atoms with E-state index in [9.17, 15) is 9.18 Å². The van der Waals surface area contributed by atoms with Crippen LogP contribution >= 0.6 is 0 Å². The van der Waals surface area contributed by atoms with Crippen LogP contribution < -0.4 is 15.8 Å². The molecule has 0 spiro atoms. The molecule has 0 bridgehead atoms. The first kappa shape index (κ1) is 20.0. The Balaban J connectivity index is 1.64. The monoisotopic (exact) mass is 414 g/mol. The molecule has 0 atom stereocenters. The lowest BCUT2D eigenvalue weighted by Crippen LogP contribution is -2.06. The van der Waals surface area contributed by atoms with E-state index in [2.05, 4.69) is 15.3 Å². The summed E-state index contributed by atoms with van der Waals surface area (Å²) in [6.45, 7) is 0. The largest absolute Gasteiger partial charge is 0.497 e. The maximum atomic E-state index is 13.2. The molecule has 0 radical (unpaired) electrons. The van der Waals surface area contributed by atoms with Gasteiger partial charge in [0.25, 0.3) is 0 Å². The highest BCUT2D eigenvalue weighted by Crippen LogP contribution is 2.26. The van der Waals surface area contributed by atoms with Crippen molar-refractivity contribution in [2.75, 3.05) is 18.2 Å². The Morgan fingerprint density at radius 3 is 2.61 bits per heavy atom. The fourth-order valence-electron chi connectivity index (χ4n) is 3.08. The van der Waals surface area contributed by atoms with Gasteiger partial charge in [-0.1, -0.05) is 12.1 Å². The molecule has 0 fully saturated rings. The van der Waals surface area contributed by atoms with Gasteiger partial charge in [0.15, 0.2) is 5.78 Å². The van der Waals surface area contributed by atoms with Crippen LogP contribution in [-0.2, 0) is 0 Å². The normalized spacial score (nSPS) is 10.5. The van der Waals surface area contributed by atoms with Crippen molar-refractivity contribution in [1.29, 1.82) is 0 Å². The highest BCUT2D eigenvalue weighted by atomic mass is 19.1. The van der Waals surface area contributed by atoms with E-state index in [0.29, 0.717) is 39.8 Å². The van der Waals surface area contributed by atoms with Crippen molar-refractivity contribution in [3.05, 3.63) is 95.9 Å². The molecule has 3 N–H and O–H groups in total. The first-order chi connectivity index (χ1) is 15.0. The summed E-state index contributed by atoms with van der Waals surface area (Å²) < 4.78 is 18.4. The molecular weight excluding hydrogens is 395 g/mol. The van der Waals surface area contributed by atoms with E-state index >= 15 is 0 Å². The minimum atomic E-state index is -0.407. The number of hydrogen-bond acceptors (Lipinski definition) is 6. The fourth-order valence-corrected chi connectivity index (χ4v) is 3.08. The van der Waals surface area contributed by atoms with Crippen LogP contribution in [0.3, 0.4) is 0 Å². The number of rotatable bonds is 6. The number of anilines is 3. The molecule has 4 aromatic rings. The van der Waals surface area contributed by atoms with Gasteiger partial charge < -0.3 is 15.8 Å². The van der Waals surface area contributed by atoms with Crippen molar-refractivity contribution in [3.8, 4) is 17.0 Å². The number of aromatic nitrogens is 2. The number of nitrogens with zero attached hydrogens (tertiary/aromatic N) is 2. The smallest absolute Gasteiger partial charge is 0.227 e. The SMILES string of the molecule is COc1cccc(Nc2nccc(-c3ccc(N)c(C(=O)c4ccc(F)cc4)c3)n2)c1. The van der Waals surface area contributed by atoms with Crippen LogP contribution in [0.25, 0.3) is 11.3 Å². The van der Waals surface area contributed by atoms with Gasteiger partial charge in [-0.15, -0.1) is 0 Å². The Kier molecular flexibility index (Phi) is 5.57. The summed E-state index contributed by atoms with van der Waals surface area (Å²) in [5.41, 5.74) is 9.16. The first-order valence-electron chi connectivity index (χ1n) is 9.48. The summed E-state index contributed by atoms with van der Waals surface area (Å²) in [5.74, 6) is 0.413. The summed E-state index contributed by atoms with van der Waals surface area (Å²) in [7, 11) is 1.60. The Morgan fingerprint density at radius 1 is 1.03 bits per heavy atom. The number of nitrogens with one attached hydrogen (secondary N) is 1. The second-order valence-electron chi connectivity index (χ2n) is 6.76. The number of carbonyl (C=O) groups is 1. The van der Waals surface area contributed by atoms with Crippen molar-refractivity contribution in [2.24, 2.45) is 0 Å². The van der Waals surface area contributed by atoms with Gasteiger partial charge >= 0.3 is 0 Å². The minimum Gasteiger partial charge on any atom is -0.497 e. The van der Waals surface area contributed by atoms with Crippen LogP contribution in [0.5, 0.6) is 5.75 Å². The lowest BCUT2D eigenvalue weighted by Gasteiger charge is -2.10. The third-order valence-corrected chi connectivity index (χ3v) is 4.68. The summed E-state index contributed by atoms with van der Waals surface area (Å²) in [4.78, 5) is 21.7. The molecule has 7 heteroatoms. The second-order valence-corrected chi connectivity index (χ2v) is 6.76. The summed E-state index contributed by atoms with van der Waals surface area (Å²) >= 11 is 0. The van der Waals surface area contributed by atoms with Gasteiger partial charge in [0.1, 0.15) is 11.6 Å². The third-order valence-electron chi connectivity index (χ3n) is 4.68. The molecule has 3 aromatic carbocycles. The van der Waals surface area contributed by atoms with E-state index in [1.807, 2.05) is 24.3 Å². The zero-order valence-electron chi connectivity index (χ0n) is 16.7. The number of ketones is 1. The Morgan fingerprint density at radius 2 is 1.84 bits per heavy atom. The van der Waals surface area contributed by atoms with Gasteiger partial charge in [-0.05, 0) is 54.6 Å². The van der Waals surface area contributed by atoms with Gasteiger partial charge in [0, 0.05) is 40.3 Å². The lowest BCUT2D eigenvalue weighted by molar-refractivity contribution is 0.103. The number of methoxy groups -OCH3 is 1. The molecule has 0 saturated heterocycles. The summed E-state index contributed by atoms with van der Waals surface area (Å²) in [5, 5.41) is 3.14. The highest BCUT2D eigenvalue weighted by molar-refractivity contribution is 6.12. The van der Waals surface area contributed by atoms with Crippen LogP contribution in [-0.4, -0.2) is 22.9 Å². The van der Waals surface area contributed by atoms with Crippen LogP contribution in [0.2, 0.25) is 0 Å². The predicted octanol–water partition coefficient (Wildman–Crippen LogP) is 4.85. The second kappa shape index (κ2) is 8.62. The topological polar surface area (TPSA) is 90.1 Å². The summed E-state index contributed by atoms with van der Waals surface area (Å²) in [6.07, 6.45) is 1.63. The number of carbonyl (C=O) groups excluding carboxylic acids is 1. The lowest BCUT2D eigenvalue weighted by atomic mass is 9.98. The molecule has 4 rings (SSSR count). The van der Waals surface area contributed by atoms with Gasteiger partial charge in [-0.2, -0.15) is 0 Å². The Labute approximate surface area is 178 Å². The average Bonchev–Trinajstić information content (AvgIpc) is 2.80. The highest BCUT2D eigenvalue weighted by Gasteiger charge is 2.15. The molecule has 0 aliphatic heterocycles. The zero-order chi connectivity index (χ0) is 21.8. The number of nitrogens with two attached hydrogens (primary N) is 1. The van der Waals surface area contributed by atoms with E-state index < -0.39 is 5.82 Å². The fraction of sp³-hybridized carbons (Fsp3) is 0.0417. The Hall–Kier alpha value is -4.26. The molecule has 6 nitrogen and oxygen atoms in total. The molecule has 0 saturated carbocycles. The van der Waals surface area contributed by atoms with Crippen LogP contribution in [0, 0.1) is 5.82 Å². The first-order valence-corrected chi connectivity index (χ1v) is 9.48. The van der Waals surface area contributed by atoms with Crippen LogP contribution in [0.4, 0.5) is 21.7 Å². The third kappa shape index (κ3) is 4.51. The van der Waals surface area contributed by atoms with Gasteiger partial charge in [0.05, 0.1) is 12.8 Å². The van der Waals surface area contributed by atoms with E-state index in [1.54, 1.807) is 37.6 Å². The molecule has 31 heavy (non-hydrogen) atoms. The zero-order valence-corrected chi connectivity index (χ0v) is 16.7. The Bertz CT molecular complexity index is 1240. The molecule has 0 aliphatic carbocycles. The maximum Gasteiger partial charge on any atom is 0.227 e. The molecule has 0 amide bonds. The van der Waals surface area contributed by atoms with Crippen molar-refractivity contribution >= 4 is 23.1 Å². The van der Waals surface area contributed by atoms with Crippen molar-refractivity contribution < 1.29 is 13.9 Å². The van der Waals surface area contributed by atoms with Crippen molar-refractivity contribution in [3.63, 3.8) is 0 Å². The number of hydrogen-bond donors (Lipinski definition) is 2. The van der Waals surface area contributed by atoms with Gasteiger partial charge in [0.2, 0.25) is 5.95 Å². The van der Waals surface area contributed by atoms with Crippen molar-refractivity contribution in [1.82, 2.24) is 9.97 Å². The molecule has 1 aromatic heterocycles. The number of halogens is 1. The van der Waals surface area contributed by atoms with E-state index in [1.165, 1.54) is 24.3 Å². The summed E-state index contributed by atoms with van der Waals surface area (Å²) in [6, 6.07) is 19.6. The molecule has 0 unspecified atom stereocenters. The molecule has 0 aliphatic rings. The maximum absolute atomic E-state index is 13.2. The van der Waals surface area contributed by atoms with Crippen molar-refractivity contribution in [2.45, 2.75) is 0 Å². The van der Waals surface area contributed by atoms with E-state index in [0.717, 1.165) is 5.69 Å². The molecule has 154 valence electrons. The van der Waals surface area contributed by atoms with Gasteiger partial charge in [-0.3, -0.25) is 4.79 Å². The quantitative estimate of drug-likeness (QED) is 0.346. The van der Waals surface area contributed by atoms with Gasteiger partial charge in [-0.25, -0.2) is 14.4 Å². The van der Waals surface area contributed by atoms with Crippen LogP contribution in [0.1, 0.15) is 15.9 Å². The van der Waals surface area contributed by atoms with E-state index in [4.69, 9.17) is 10.5 Å². The predicted molar refractivity (Wildman–Crippen MR) is 118 cm³/mol. The number of ether oxygens (including phenoxy) is 1. The minimum absolute atomic E-state index is 0.289. The average molecular weight is 414 g/mol. The standard InChI is InChI=1S/C24H19FN4O2/c1-31-19-4-2-3-18(14-19)28-24-27-12-11-22(29-24)16-7-10-21(26)20(13-16)23(30)15-5-8-17(25)9-6-15/h2-14H,26H2,1H3,(H,27,28,29). The number of nitrogen functional groups attached to an aromatic ring is 1. The van der Waals surface area contributed by atoms with Crippen LogP contribution in [0.15, 0.2) is 79.0 Å². The number of benzene rings is 3. The molecule has 1 heterocycles.